The molecule has 100 valence electrons. The summed E-state index contributed by atoms with van der Waals surface area (Å²) in [7, 11) is 2.01. The Balaban J connectivity index is 3.08. The third-order valence-electron chi connectivity index (χ3n) is 3.53. The van der Waals surface area contributed by atoms with Gasteiger partial charge in [-0.05, 0) is 30.5 Å². The molecule has 0 aliphatic rings. The standard InChI is InChI=1S/C14H23N3O/c1-9(14(2,3)4)17(5)12-7-6-10(13(16)18)8-11(12)15/h6-9H,15H2,1-5H3,(H2,16,18). The lowest BCUT2D eigenvalue weighted by Gasteiger charge is -2.37. The van der Waals surface area contributed by atoms with Crippen molar-refractivity contribution in [1.82, 2.24) is 0 Å². The third-order valence-corrected chi connectivity index (χ3v) is 3.53. The molecule has 0 heterocycles. The van der Waals surface area contributed by atoms with E-state index in [0.717, 1.165) is 5.69 Å². The first kappa shape index (κ1) is 14.4. The van der Waals surface area contributed by atoms with Gasteiger partial charge >= 0.3 is 0 Å². The van der Waals surface area contributed by atoms with Crippen LogP contribution in [0.3, 0.4) is 0 Å². The second-order valence-corrected chi connectivity index (χ2v) is 5.79. The van der Waals surface area contributed by atoms with Gasteiger partial charge in [0.1, 0.15) is 0 Å². The molecule has 1 aromatic rings. The van der Waals surface area contributed by atoms with Crippen LogP contribution in [0.5, 0.6) is 0 Å². The van der Waals surface area contributed by atoms with E-state index in [2.05, 4.69) is 32.6 Å². The van der Waals surface area contributed by atoms with E-state index in [-0.39, 0.29) is 5.41 Å². The van der Waals surface area contributed by atoms with Crippen molar-refractivity contribution in [3.8, 4) is 0 Å². The molecule has 0 aliphatic carbocycles. The number of anilines is 2. The fourth-order valence-electron chi connectivity index (χ4n) is 1.82. The van der Waals surface area contributed by atoms with Gasteiger partial charge in [0.15, 0.2) is 0 Å². The molecular weight excluding hydrogens is 226 g/mol. The Hall–Kier alpha value is -1.71. The van der Waals surface area contributed by atoms with Crippen LogP contribution in [0.1, 0.15) is 38.1 Å². The molecular formula is C14H23N3O. The second-order valence-electron chi connectivity index (χ2n) is 5.79. The molecule has 1 aromatic carbocycles. The summed E-state index contributed by atoms with van der Waals surface area (Å²) in [4.78, 5) is 13.2. The highest BCUT2D eigenvalue weighted by molar-refractivity contribution is 5.94. The fourth-order valence-corrected chi connectivity index (χ4v) is 1.82. The summed E-state index contributed by atoms with van der Waals surface area (Å²) >= 11 is 0. The minimum atomic E-state index is -0.459. The lowest BCUT2D eigenvalue weighted by molar-refractivity contribution is 0.100. The quantitative estimate of drug-likeness (QED) is 0.807. The van der Waals surface area contributed by atoms with Crippen molar-refractivity contribution in [1.29, 1.82) is 0 Å². The molecule has 0 spiro atoms. The maximum absolute atomic E-state index is 11.1. The number of nitrogens with two attached hydrogens (primary N) is 2. The van der Waals surface area contributed by atoms with Crippen LogP contribution < -0.4 is 16.4 Å². The van der Waals surface area contributed by atoms with Crippen molar-refractivity contribution in [2.45, 2.75) is 33.7 Å². The van der Waals surface area contributed by atoms with E-state index < -0.39 is 5.91 Å². The summed E-state index contributed by atoms with van der Waals surface area (Å²) < 4.78 is 0. The summed E-state index contributed by atoms with van der Waals surface area (Å²) in [5, 5.41) is 0. The summed E-state index contributed by atoms with van der Waals surface area (Å²) in [6.45, 7) is 8.70. The number of carbonyl (C=O) groups excluding carboxylic acids is 1. The summed E-state index contributed by atoms with van der Waals surface area (Å²) in [5.74, 6) is -0.459. The molecule has 1 rings (SSSR count). The average Bonchev–Trinajstić information content (AvgIpc) is 2.25. The van der Waals surface area contributed by atoms with Crippen molar-refractivity contribution in [2.75, 3.05) is 17.7 Å². The Morgan fingerprint density at radius 1 is 1.33 bits per heavy atom. The highest BCUT2D eigenvalue weighted by Crippen LogP contribution is 2.31. The molecule has 1 unspecified atom stereocenters. The Bertz CT molecular complexity index is 449. The topological polar surface area (TPSA) is 72.3 Å². The molecule has 0 saturated carbocycles. The van der Waals surface area contributed by atoms with Crippen LogP contribution in [0.25, 0.3) is 0 Å². The van der Waals surface area contributed by atoms with Gasteiger partial charge in [-0.15, -0.1) is 0 Å². The van der Waals surface area contributed by atoms with E-state index in [0.29, 0.717) is 17.3 Å². The maximum Gasteiger partial charge on any atom is 0.248 e. The molecule has 0 saturated heterocycles. The van der Waals surface area contributed by atoms with Crippen molar-refractivity contribution < 1.29 is 4.79 Å². The number of benzene rings is 1. The number of nitrogens with zero attached hydrogens (tertiary/aromatic N) is 1. The Labute approximate surface area is 109 Å². The van der Waals surface area contributed by atoms with Crippen molar-refractivity contribution in [3.05, 3.63) is 23.8 Å². The zero-order valence-electron chi connectivity index (χ0n) is 11.8. The second kappa shape index (κ2) is 4.88. The summed E-state index contributed by atoms with van der Waals surface area (Å²) in [5.41, 5.74) is 13.3. The van der Waals surface area contributed by atoms with Crippen molar-refractivity contribution in [3.63, 3.8) is 0 Å². The Kier molecular flexibility index (Phi) is 3.89. The van der Waals surface area contributed by atoms with Crippen molar-refractivity contribution in [2.24, 2.45) is 11.1 Å². The molecule has 18 heavy (non-hydrogen) atoms. The molecule has 0 aromatic heterocycles. The highest BCUT2D eigenvalue weighted by atomic mass is 16.1. The van der Waals surface area contributed by atoms with Crippen LogP contribution in [0, 0.1) is 5.41 Å². The fraction of sp³-hybridized carbons (Fsp3) is 0.500. The van der Waals surface area contributed by atoms with Gasteiger partial charge in [0.05, 0.1) is 11.4 Å². The number of carbonyl (C=O) groups is 1. The van der Waals surface area contributed by atoms with Crippen LogP contribution in [0.4, 0.5) is 11.4 Å². The number of hydrogen-bond donors (Lipinski definition) is 2. The molecule has 1 amide bonds. The zero-order valence-corrected chi connectivity index (χ0v) is 11.8. The minimum Gasteiger partial charge on any atom is -0.397 e. The first-order chi connectivity index (χ1) is 8.14. The predicted octanol–water partition coefficient (Wildman–Crippen LogP) is 2.24. The smallest absolute Gasteiger partial charge is 0.248 e. The lowest BCUT2D eigenvalue weighted by Crippen LogP contribution is -2.39. The Morgan fingerprint density at radius 3 is 2.28 bits per heavy atom. The van der Waals surface area contributed by atoms with Gasteiger partial charge in [0.2, 0.25) is 5.91 Å². The molecule has 0 bridgehead atoms. The van der Waals surface area contributed by atoms with Crippen LogP contribution in [0.2, 0.25) is 0 Å². The van der Waals surface area contributed by atoms with E-state index in [1.165, 1.54) is 0 Å². The third kappa shape index (κ3) is 2.94. The number of rotatable bonds is 3. The van der Waals surface area contributed by atoms with E-state index in [9.17, 15) is 4.79 Å². The van der Waals surface area contributed by atoms with Gasteiger partial charge < -0.3 is 16.4 Å². The highest BCUT2D eigenvalue weighted by Gasteiger charge is 2.25. The SMILES string of the molecule is CC(N(C)c1ccc(C(N)=O)cc1N)C(C)(C)C. The molecule has 4 heteroatoms. The number of nitrogen functional groups attached to an aromatic ring is 1. The van der Waals surface area contributed by atoms with E-state index >= 15 is 0 Å². The van der Waals surface area contributed by atoms with Crippen LogP contribution in [-0.2, 0) is 0 Å². The van der Waals surface area contributed by atoms with Crippen LogP contribution in [0.15, 0.2) is 18.2 Å². The van der Waals surface area contributed by atoms with Gasteiger partial charge in [0.25, 0.3) is 0 Å². The molecule has 4 N–H and O–H groups in total. The van der Waals surface area contributed by atoms with Gasteiger partial charge in [-0.2, -0.15) is 0 Å². The maximum atomic E-state index is 11.1. The van der Waals surface area contributed by atoms with Crippen molar-refractivity contribution >= 4 is 17.3 Å². The molecule has 0 radical (unpaired) electrons. The molecule has 0 aliphatic heterocycles. The monoisotopic (exact) mass is 249 g/mol. The first-order valence-electron chi connectivity index (χ1n) is 6.06. The minimum absolute atomic E-state index is 0.142. The number of primary amides is 1. The Morgan fingerprint density at radius 2 is 1.89 bits per heavy atom. The first-order valence-corrected chi connectivity index (χ1v) is 6.06. The van der Waals surface area contributed by atoms with Gasteiger partial charge in [-0.3, -0.25) is 4.79 Å². The summed E-state index contributed by atoms with van der Waals surface area (Å²) in [6.07, 6.45) is 0. The normalized spacial score (nSPS) is 13.2. The van der Waals surface area contributed by atoms with E-state index in [1.54, 1.807) is 12.1 Å². The average molecular weight is 249 g/mol. The zero-order chi connectivity index (χ0) is 14.1. The largest absolute Gasteiger partial charge is 0.397 e. The number of amides is 1. The molecule has 0 fully saturated rings. The molecule has 1 atom stereocenters. The number of hydrogen-bond acceptors (Lipinski definition) is 3. The van der Waals surface area contributed by atoms with Gasteiger partial charge in [-0.1, -0.05) is 20.8 Å². The molecule has 4 nitrogen and oxygen atoms in total. The van der Waals surface area contributed by atoms with Gasteiger partial charge in [0, 0.05) is 18.7 Å². The van der Waals surface area contributed by atoms with Gasteiger partial charge in [-0.25, -0.2) is 0 Å². The lowest BCUT2D eigenvalue weighted by atomic mass is 9.87. The van der Waals surface area contributed by atoms with Crippen LogP contribution >= 0.6 is 0 Å². The predicted molar refractivity (Wildman–Crippen MR) is 76.7 cm³/mol. The van der Waals surface area contributed by atoms with E-state index in [4.69, 9.17) is 11.5 Å². The van der Waals surface area contributed by atoms with Crippen LogP contribution in [-0.4, -0.2) is 19.0 Å². The van der Waals surface area contributed by atoms with E-state index in [1.807, 2.05) is 13.1 Å². The summed E-state index contributed by atoms with van der Waals surface area (Å²) in [6, 6.07) is 5.50.